The van der Waals surface area contributed by atoms with Gasteiger partial charge in [-0.3, -0.25) is 4.57 Å². The summed E-state index contributed by atoms with van der Waals surface area (Å²) in [4.78, 5) is 21.6. The highest BCUT2D eigenvalue weighted by Crippen LogP contribution is 2.24. The van der Waals surface area contributed by atoms with Gasteiger partial charge in [0.1, 0.15) is 0 Å². The molecule has 6 heteroatoms. The number of fused-ring (bicyclic) bond motifs is 1. The first-order valence-corrected chi connectivity index (χ1v) is 8.90. The number of nitrogens with zero attached hydrogens (tertiary/aromatic N) is 4. The Bertz CT molecular complexity index is 911. The summed E-state index contributed by atoms with van der Waals surface area (Å²) in [5.41, 5.74) is 1.91. The lowest BCUT2D eigenvalue weighted by Gasteiger charge is -2.36. The molecular formula is C20H21N5O. The van der Waals surface area contributed by atoms with Crippen molar-refractivity contribution in [2.45, 2.75) is 6.92 Å². The molecule has 0 aliphatic carbocycles. The minimum Gasteiger partial charge on any atom is -0.382 e. The van der Waals surface area contributed by atoms with E-state index >= 15 is 0 Å². The van der Waals surface area contributed by atoms with Crippen LogP contribution < -0.4 is 10.2 Å². The van der Waals surface area contributed by atoms with Crippen LogP contribution in [0.3, 0.4) is 0 Å². The number of hydrogen-bond acceptors (Lipinski definition) is 4. The van der Waals surface area contributed by atoms with E-state index in [9.17, 15) is 4.79 Å². The molecule has 3 heterocycles. The second kappa shape index (κ2) is 6.96. The molecule has 0 atom stereocenters. The zero-order valence-electron chi connectivity index (χ0n) is 14.8. The average molecular weight is 347 g/mol. The van der Waals surface area contributed by atoms with Gasteiger partial charge < -0.3 is 15.1 Å². The Morgan fingerprint density at radius 3 is 2.81 bits per heavy atom. The predicted octanol–water partition coefficient (Wildman–Crippen LogP) is 2.86. The van der Waals surface area contributed by atoms with Gasteiger partial charge in [0.2, 0.25) is 0 Å². The van der Waals surface area contributed by atoms with E-state index in [0.717, 1.165) is 42.0 Å². The van der Waals surface area contributed by atoms with Crippen LogP contribution in [0.4, 0.5) is 16.3 Å². The van der Waals surface area contributed by atoms with E-state index in [4.69, 9.17) is 0 Å². The van der Waals surface area contributed by atoms with E-state index in [-0.39, 0.29) is 6.03 Å². The topological polar surface area (TPSA) is 53.4 Å². The molecule has 26 heavy (non-hydrogen) atoms. The van der Waals surface area contributed by atoms with Gasteiger partial charge in [0.25, 0.3) is 0 Å². The summed E-state index contributed by atoms with van der Waals surface area (Å²) in [6, 6.07) is 15.4. The molecular weight excluding hydrogens is 326 g/mol. The summed E-state index contributed by atoms with van der Waals surface area (Å²) in [6.07, 6.45) is 3.64. The summed E-state index contributed by atoms with van der Waals surface area (Å²) in [5, 5.41) is 4.35. The van der Waals surface area contributed by atoms with Gasteiger partial charge in [-0.2, -0.15) is 0 Å². The number of pyridine rings is 1. The van der Waals surface area contributed by atoms with Gasteiger partial charge in [0.05, 0.1) is 11.2 Å². The summed E-state index contributed by atoms with van der Waals surface area (Å²) >= 11 is 0. The van der Waals surface area contributed by atoms with Crippen molar-refractivity contribution in [3.63, 3.8) is 0 Å². The van der Waals surface area contributed by atoms with E-state index in [1.165, 1.54) is 0 Å². The minimum atomic E-state index is 0.00665. The maximum Gasteiger partial charge on any atom is 0.328 e. The summed E-state index contributed by atoms with van der Waals surface area (Å²) in [5.74, 6) is 0.956. The Morgan fingerprint density at radius 2 is 2.00 bits per heavy atom. The molecule has 132 valence electrons. The molecule has 6 nitrogen and oxygen atoms in total. The molecule has 1 saturated heterocycles. The molecule has 2 aromatic heterocycles. The third kappa shape index (κ3) is 2.93. The number of amides is 1. The molecule has 1 aliphatic heterocycles. The standard InChI is InChI=1S/C20H21N5O/c1-2-21-17-7-5-10-22-19(17)23-12-14-24(15-13-23)20(26)25-11-9-16-6-3-4-8-18(16)25/h5-11,21H,2,12-15H2,1H3. The zero-order chi connectivity index (χ0) is 17.9. The Hall–Kier alpha value is -3.20. The zero-order valence-corrected chi connectivity index (χ0v) is 14.8. The van der Waals surface area contributed by atoms with Gasteiger partial charge in [0.15, 0.2) is 5.82 Å². The van der Waals surface area contributed by atoms with Crippen LogP contribution in [0, 0.1) is 12.1 Å². The third-order valence-corrected chi connectivity index (χ3v) is 4.69. The molecule has 1 fully saturated rings. The maximum absolute atomic E-state index is 12.9. The Labute approximate surface area is 153 Å². The van der Waals surface area contributed by atoms with Crippen molar-refractivity contribution in [3.05, 3.63) is 54.9 Å². The number of nitrogens with one attached hydrogen (secondary N) is 1. The quantitative estimate of drug-likeness (QED) is 0.792. The van der Waals surface area contributed by atoms with E-state index in [2.05, 4.69) is 34.3 Å². The van der Waals surface area contributed by atoms with Gasteiger partial charge in [0, 0.05) is 56.6 Å². The van der Waals surface area contributed by atoms with Gasteiger partial charge in [-0.15, -0.1) is 0 Å². The first-order valence-electron chi connectivity index (χ1n) is 8.90. The van der Waals surface area contributed by atoms with Crippen molar-refractivity contribution in [3.8, 4) is 0 Å². The molecule has 4 rings (SSSR count). The molecule has 3 aromatic rings. The highest BCUT2D eigenvalue weighted by atomic mass is 16.2. The second-order valence-electron chi connectivity index (χ2n) is 6.27. The number of carbonyl (C=O) groups excluding carboxylic acids is 1. The van der Waals surface area contributed by atoms with Crippen molar-refractivity contribution in [2.24, 2.45) is 0 Å². The second-order valence-corrected chi connectivity index (χ2v) is 6.27. The van der Waals surface area contributed by atoms with Gasteiger partial charge in [-0.25, -0.2) is 9.78 Å². The van der Waals surface area contributed by atoms with E-state index in [0.29, 0.717) is 13.1 Å². The van der Waals surface area contributed by atoms with Crippen molar-refractivity contribution >= 4 is 28.4 Å². The number of piperazine rings is 1. The largest absolute Gasteiger partial charge is 0.382 e. The minimum absolute atomic E-state index is 0.00665. The van der Waals surface area contributed by atoms with Crippen LogP contribution in [0.15, 0.2) is 42.7 Å². The fraction of sp³-hybridized carbons (Fsp3) is 0.300. The third-order valence-electron chi connectivity index (χ3n) is 4.69. The molecule has 0 radical (unpaired) electrons. The first-order chi connectivity index (χ1) is 12.8. The molecule has 1 aliphatic rings. The summed E-state index contributed by atoms with van der Waals surface area (Å²) in [7, 11) is 0. The molecule has 1 aromatic carbocycles. The van der Waals surface area contributed by atoms with Crippen molar-refractivity contribution in [1.29, 1.82) is 0 Å². The maximum atomic E-state index is 12.9. The Morgan fingerprint density at radius 1 is 1.19 bits per heavy atom. The number of hydrogen-bond donors (Lipinski definition) is 1. The smallest absolute Gasteiger partial charge is 0.328 e. The molecule has 0 spiro atoms. The number of anilines is 2. The monoisotopic (exact) mass is 347 g/mol. The lowest BCUT2D eigenvalue weighted by molar-refractivity contribution is 0.197. The summed E-state index contributed by atoms with van der Waals surface area (Å²) in [6.45, 7) is 5.80. The van der Waals surface area contributed by atoms with Crippen LogP contribution in [-0.4, -0.2) is 53.2 Å². The van der Waals surface area contributed by atoms with Crippen LogP contribution in [-0.2, 0) is 0 Å². The van der Waals surface area contributed by atoms with Crippen LogP contribution in [0.5, 0.6) is 0 Å². The van der Waals surface area contributed by atoms with E-state index in [1.54, 1.807) is 10.6 Å². The van der Waals surface area contributed by atoms with Gasteiger partial charge >= 0.3 is 6.03 Å². The average Bonchev–Trinajstić information content (AvgIpc) is 3.12. The van der Waals surface area contributed by atoms with Crippen LogP contribution >= 0.6 is 0 Å². The predicted molar refractivity (Wildman–Crippen MR) is 103 cm³/mol. The van der Waals surface area contributed by atoms with Crippen LogP contribution in [0.1, 0.15) is 6.92 Å². The Balaban J connectivity index is 1.48. The Kier molecular flexibility index (Phi) is 4.36. The molecule has 0 bridgehead atoms. The summed E-state index contributed by atoms with van der Waals surface area (Å²) < 4.78 is 1.69. The van der Waals surface area contributed by atoms with Crippen molar-refractivity contribution in [1.82, 2.24) is 14.5 Å². The highest BCUT2D eigenvalue weighted by Gasteiger charge is 2.24. The molecule has 1 N–H and O–H groups in total. The van der Waals surface area contributed by atoms with E-state index < -0.39 is 0 Å². The van der Waals surface area contributed by atoms with Gasteiger partial charge in [-0.1, -0.05) is 12.1 Å². The first kappa shape index (κ1) is 16.3. The number of rotatable bonds is 3. The molecule has 1 amide bonds. The normalized spacial score (nSPS) is 14.3. The van der Waals surface area contributed by atoms with Crippen molar-refractivity contribution < 1.29 is 4.79 Å². The van der Waals surface area contributed by atoms with E-state index in [1.807, 2.05) is 41.6 Å². The lowest BCUT2D eigenvalue weighted by Crippen LogP contribution is -2.50. The lowest BCUT2D eigenvalue weighted by atomic mass is 10.3. The van der Waals surface area contributed by atoms with Gasteiger partial charge in [-0.05, 0) is 31.2 Å². The number of aromatic nitrogens is 2. The fourth-order valence-corrected chi connectivity index (χ4v) is 3.37. The van der Waals surface area contributed by atoms with Crippen LogP contribution in [0.2, 0.25) is 0 Å². The number of carbonyl (C=O) groups is 1. The highest BCUT2D eigenvalue weighted by molar-refractivity contribution is 5.91. The fourth-order valence-electron chi connectivity index (χ4n) is 3.37. The molecule has 0 saturated carbocycles. The SMILES string of the molecule is CCNc1cccnc1N1CCN(C(=O)n2ccc3cc#ccc32)CC1. The van der Waals surface area contributed by atoms with Crippen molar-refractivity contribution in [2.75, 3.05) is 42.9 Å². The van der Waals surface area contributed by atoms with Crippen LogP contribution in [0.25, 0.3) is 10.9 Å². The molecule has 0 unspecified atom stereocenters.